The second kappa shape index (κ2) is 6.60. The largest absolute Gasteiger partial charge is 0.387 e. The number of halogens is 1. The van der Waals surface area contributed by atoms with Crippen LogP contribution in [0.3, 0.4) is 0 Å². The van der Waals surface area contributed by atoms with Crippen LogP contribution >= 0.6 is 12.4 Å². The van der Waals surface area contributed by atoms with Crippen molar-refractivity contribution in [3.05, 3.63) is 54.7 Å². The topological polar surface area (TPSA) is 36.4 Å². The molecule has 122 valence electrons. The Bertz CT molecular complexity index is 699. The van der Waals surface area contributed by atoms with Gasteiger partial charge in [-0.1, -0.05) is 24.3 Å². The van der Waals surface area contributed by atoms with Crippen molar-refractivity contribution >= 4 is 23.3 Å². The van der Waals surface area contributed by atoms with Gasteiger partial charge in [0.05, 0.1) is 11.6 Å². The molecule has 2 aromatic rings. The molecule has 3 aliphatic heterocycles. The molecule has 23 heavy (non-hydrogen) atoms. The highest BCUT2D eigenvalue weighted by Gasteiger charge is 2.42. The standard InChI is InChI=1S/C19H22N2O.ClH/c1-2-13-12-21-10-8-14(13)11-18(21)19(22)16-7-9-20-17-6-4-3-5-15(16)17;/h2-7,9,13-14,18-19,22H,1,8,10-12H2;1H/t13-,14-,18-,19+;/m1./s1. The molecular formula is C19H23ClN2O. The van der Waals surface area contributed by atoms with Gasteiger partial charge in [0.25, 0.3) is 0 Å². The normalized spacial score (nSPS) is 30.7. The number of benzene rings is 1. The monoisotopic (exact) mass is 330 g/mol. The Balaban J connectivity index is 0.00000156. The smallest absolute Gasteiger partial charge is 0.0952 e. The molecule has 3 fully saturated rings. The molecule has 1 N–H and O–H groups in total. The van der Waals surface area contributed by atoms with E-state index >= 15 is 0 Å². The molecule has 4 heterocycles. The Labute approximate surface area is 143 Å². The fourth-order valence-corrected chi connectivity index (χ4v) is 4.29. The van der Waals surface area contributed by atoms with Gasteiger partial charge in [-0.2, -0.15) is 0 Å². The molecule has 0 aliphatic carbocycles. The number of hydrogen-bond donors (Lipinski definition) is 1. The molecule has 3 nitrogen and oxygen atoms in total. The van der Waals surface area contributed by atoms with Crippen LogP contribution in [-0.4, -0.2) is 34.1 Å². The number of aliphatic hydroxyl groups excluding tert-OH is 1. The number of rotatable bonds is 3. The summed E-state index contributed by atoms with van der Waals surface area (Å²) in [7, 11) is 0. The number of aliphatic hydroxyl groups is 1. The lowest BCUT2D eigenvalue weighted by atomic mass is 9.73. The maximum absolute atomic E-state index is 11.0. The summed E-state index contributed by atoms with van der Waals surface area (Å²) in [6.45, 7) is 6.11. The zero-order chi connectivity index (χ0) is 15.1. The van der Waals surface area contributed by atoms with Crippen LogP contribution in [0.15, 0.2) is 49.2 Å². The summed E-state index contributed by atoms with van der Waals surface area (Å²) in [4.78, 5) is 6.86. The van der Waals surface area contributed by atoms with E-state index in [1.54, 1.807) is 0 Å². The lowest BCUT2D eigenvalue weighted by Crippen LogP contribution is -2.54. The van der Waals surface area contributed by atoms with Gasteiger partial charge in [0, 0.05) is 24.2 Å². The first-order valence-electron chi connectivity index (χ1n) is 8.16. The van der Waals surface area contributed by atoms with Crippen molar-refractivity contribution in [1.29, 1.82) is 0 Å². The highest BCUT2D eigenvalue weighted by atomic mass is 35.5. The van der Waals surface area contributed by atoms with Gasteiger partial charge in [-0.25, -0.2) is 0 Å². The number of aromatic nitrogens is 1. The average molecular weight is 331 g/mol. The summed E-state index contributed by atoms with van der Waals surface area (Å²) < 4.78 is 0. The second-order valence-electron chi connectivity index (χ2n) is 6.61. The van der Waals surface area contributed by atoms with Crippen molar-refractivity contribution in [1.82, 2.24) is 9.88 Å². The summed E-state index contributed by atoms with van der Waals surface area (Å²) in [5.41, 5.74) is 1.97. The molecule has 3 saturated heterocycles. The first-order valence-corrected chi connectivity index (χ1v) is 8.16. The molecule has 1 unspecified atom stereocenters. The minimum atomic E-state index is -0.443. The number of hydrogen-bond acceptors (Lipinski definition) is 3. The second-order valence-corrected chi connectivity index (χ2v) is 6.61. The molecule has 3 aliphatic rings. The summed E-state index contributed by atoms with van der Waals surface area (Å²) in [6.07, 6.45) is 5.76. The molecule has 1 aromatic carbocycles. The molecule has 0 amide bonds. The third-order valence-corrected chi connectivity index (χ3v) is 5.52. The van der Waals surface area contributed by atoms with Crippen molar-refractivity contribution in [3.8, 4) is 0 Å². The van der Waals surface area contributed by atoms with Crippen LogP contribution in [0.2, 0.25) is 0 Å². The first kappa shape index (κ1) is 16.4. The van der Waals surface area contributed by atoms with E-state index in [4.69, 9.17) is 0 Å². The van der Waals surface area contributed by atoms with Crippen LogP contribution < -0.4 is 0 Å². The van der Waals surface area contributed by atoms with E-state index in [0.717, 1.165) is 36.0 Å². The number of para-hydroxylation sites is 1. The van der Waals surface area contributed by atoms with Crippen molar-refractivity contribution in [2.24, 2.45) is 11.8 Å². The predicted octanol–water partition coefficient (Wildman–Crippen LogP) is 3.59. The average Bonchev–Trinajstić information content (AvgIpc) is 2.60. The summed E-state index contributed by atoms with van der Waals surface area (Å²) >= 11 is 0. The van der Waals surface area contributed by atoms with Crippen molar-refractivity contribution < 1.29 is 5.11 Å². The molecular weight excluding hydrogens is 308 g/mol. The quantitative estimate of drug-likeness (QED) is 0.874. The van der Waals surface area contributed by atoms with Crippen molar-refractivity contribution in [2.75, 3.05) is 13.1 Å². The minimum absolute atomic E-state index is 0. The van der Waals surface area contributed by atoms with E-state index in [1.807, 2.05) is 30.5 Å². The van der Waals surface area contributed by atoms with Gasteiger partial charge in [-0.05, 0) is 48.9 Å². The molecule has 0 spiro atoms. The van der Waals surface area contributed by atoms with Crippen molar-refractivity contribution in [3.63, 3.8) is 0 Å². The van der Waals surface area contributed by atoms with Crippen molar-refractivity contribution in [2.45, 2.75) is 25.0 Å². The Hall–Kier alpha value is -1.42. The lowest BCUT2D eigenvalue weighted by molar-refractivity contribution is -0.0444. The van der Waals surface area contributed by atoms with Crippen LogP contribution in [0.25, 0.3) is 10.9 Å². The third-order valence-electron chi connectivity index (χ3n) is 5.52. The first-order chi connectivity index (χ1) is 10.8. The van der Waals surface area contributed by atoms with Gasteiger partial charge >= 0.3 is 0 Å². The van der Waals surface area contributed by atoms with Gasteiger partial charge in [0.2, 0.25) is 0 Å². The zero-order valence-corrected chi connectivity index (χ0v) is 14.0. The van der Waals surface area contributed by atoms with E-state index in [9.17, 15) is 5.11 Å². The number of fused-ring (bicyclic) bond motifs is 4. The van der Waals surface area contributed by atoms with Gasteiger partial charge in [-0.15, -0.1) is 19.0 Å². The van der Waals surface area contributed by atoms with Gasteiger partial charge in [0.15, 0.2) is 0 Å². The summed E-state index contributed by atoms with van der Waals surface area (Å²) in [5.74, 6) is 1.27. The van der Waals surface area contributed by atoms with Gasteiger partial charge < -0.3 is 5.11 Å². The summed E-state index contributed by atoms with van der Waals surface area (Å²) in [6, 6.07) is 10.3. The van der Waals surface area contributed by atoms with Crippen LogP contribution in [0.4, 0.5) is 0 Å². The Morgan fingerprint density at radius 1 is 1.30 bits per heavy atom. The number of pyridine rings is 1. The maximum atomic E-state index is 11.0. The molecule has 5 rings (SSSR count). The Morgan fingerprint density at radius 3 is 2.87 bits per heavy atom. The number of piperidine rings is 3. The van der Waals surface area contributed by atoms with Gasteiger partial charge in [-0.3, -0.25) is 9.88 Å². The molecule has 0 saturated carbocycles. The predicted molar refractivity (Wildman–Crippen MR) is 95.7 cm³/mol. The molecule has 2 bridgehead atoms. The van der Waals surface area contributed by atoms with Crippen LogP contribution in [-0.2, 0) is 0 Å². The van der Waals surface area contributed by atoms with Crippen LogP contribution in [0.1, 0.15) is 24.5 Å². The van der Waals surface area contributed by atoms with E-state index in [2.05, 4.69) is 28.6 Å². The highest BCUT2D eigenvalue weighted by molar-refractivity contribution is 5.85. The van der Waals surface area contributed by atoms with E-state index in [1.165, 1.54) is 6.42 Å². The molecule has 1 aromatic heterocycles. The van der Waals surface area contributed by atoms with Crippen LogP contribution in [0, 0.1) is 11.8 Å². The fraction of sp³-hybridized carbons (Fsp3) is 0.421. The molecule has 4 heteroatoms. The Kier molecular flexibility index (Phi) is 4.72. The SMILES string of the molecule is C=C[C@@H]1CN2CC[C@@H]1C[C@@H]2[C@@H](O)c1ccnc2ccccc12.Cl. The Morgan fingerprint density at radius 2 is 2.13 bits per heavy atom. The van der Waals surface area contributed by atoms with Gasteiger partial charge in [0.1, 0.15) is 0 Å². The molecule has 5 atom stereocenters. The van der Waals surface area contributed by atoms with Crippen LogP contribution in [0.5, 0.6) is 0 Å². The highest BCUT2D eigenvalue weighted by Crippen LogP contribution is 2.41. The summed E-state index contributed by atoms with van der Waals surface area (Å²) in [5, 5.41) is 12.1. The van der Waals surface area contributed by atoms with E-state index in [-0.39, 0.29) is 18.4 Å². The minimum Gasteiger partial charge on any atom is -0.387 e. The third kappa shape index (κ3) is 2.78. The number of nitrogens with zero attached hydrogens (tertiary/aromatic N) is 2. The lowest BCUT2D eigenvalue weighted by Gasteiger charge is -2.50. The van der Waals surface area contributed by atoms with E-state index < -0.39 is 6.10 Å². The zero-order valence-electron chi connectivity index (χ0n) is 13.1. The fourth-order valence-electron chi connectivity index (χ4n) is 4.29. The van der Waals surface area contributed by atoms with E-state index in [0.29, 0.717) is 11.8 Å². The molecule has 0 radical (unpaired) electrons. The maximum Gasteiger partial charge on any atom is 0.0952 e.